The number of anilines is 4. The molecule has 1 amide bonds. The molecule has 4 aromatic rings. The maximum absolute atomic E-state index is 12.4. The number of benzene rings is 2. The molecule has 0 aliphatic carbocycles. The van der Waals surface area contributed by atoms with Gasteiger partial charge in [-0.3, -0.25) is 4.79 Å². The highest BCUT2D eigenvalue weighted by Gasteiger charge is 2.41. The minimum absolute atomic E-state index is 0.263. The number of hydrogen-bond acceptors (Lipinski definition) is 7. The van der Waals surface area contributed by atoms with E-state index in [2.05, 4.69) is 61.9 Å². The van der Waals surface area contributed by atoms with E-state index >= 15 is 0 Å². The van der Waals surface area contributed by atoms with Crippen LogP contribution in [0.3, 0.4) is 0 Å². The Kier molecular flexibility index (Phi) is 6.44. The highest BCUT2D eigenvalue weighted by Crippen LogP contribution is 2.43. The summed E-state index contributed by atoms with van der Waals surface area (Å²) in [6, 6.07) is 14.5. The Labute approximate surface area is 228 Å². The Bertz CT molecular complexity index is 1560. The summed E-state index contributed by atoms with van der Waals surface area (Å²) in [4.78, 5) is 26.5. The predicted octanol–water partition coefficient (Wildman–Crippen LogP) is 4.65. The molecule has 200 valence electrons. The van der Waals surface area contributed by atoms with Crippen molar-refractivity contribution in [3.05, 3.63) is 67.5 Å². The molecule has 2 aromatic heterocycles. The summed E-state index contributed by atoms with van der Waals surface area (Å²) in [5.74, 6) is 1.44. The van der Waals surface area contributed by atoms with Gasteiger partial charge >= 0.3 is 0 Å². The van der Waals surface area contributed by atoms with Crippen LogP contribution in [0.2, 0.25) is 0 Å². The number of aryl methyl sites for hydroxylation is 1. The third-order valence-corrected chi connectivity index (χ3v) is 7.88. The van der Waals surface area contributed by atoms with Gasteiger partial charge in [0.15, 0.2) is 0 Å². The van der Waals surface area contributed by atoms with Crippen molar-refractivity contribution >= 4 is 39.8 Å². The molecule has 0 bridgehead atoms. The van der Waals surface area contributed by atoms with Gasteiger partial charge in [-0.25, -0.2) is 9.97 Å². The van der Waals surface area contributed by atoms with Gasteiger partial charge in [0.25, 0.3) is 0 Å². The summed E-state index contributed by atoms with van der Waals surface area (Å²) in [5.41, 5.74) is 5.29. The summed E-state index contributed by atoms with van der Waals surface area (Å²) in [6.07, 6.45) is 6.24. The number of nitrogens with one attached hydrogen (secondary N) is 2. The lowest BCUT2D eigenvalue weighted by atomic mass is 10.0. The van der Waals surface area contributed by atoms with Crippen LogP contribution in [0.25, 0.3) is 22.2 Å². The maximum atomic E-state index is 12.4. The van der Waals surface area contributed by atoms with Crippen molar-refractivity contribution in [3.63, 3.8) is 0 Å². The van der Waals surface area contributed by atoms with Crippen molar-refractivity contribution in [3.8, 4) is 17.0 Å². The Morgan fingerprint density at radius 3 is 2.82 bits per heavy atom. The summed E-state index contributed by atoms with van der Waals surface area (Å²) in [5, 5.41) is 7.48. The topological polar surface area (TPSA) is 87.5 Å². The number of hydrogen-bond donors (Lipinski definition) is 2. The second-order valence-electron chi connectivity index (χ2n) is 10.4. The molecule has 39 heavy (non-hydrogen) atoms. The van der Waals surface area contributed by atoms with E-state index in [1.165, 1.54) is 6.08 Å². The van der Waals surface area contributed by atoms with Crippen LogP contribution in [0.1, 0.15) is 6.42 Å². The number of likely N-dealkylation sites (tertiary alicyclic amines) is 1. The molecule has 4 heterocycles. The summed E-state index contributed by atoms with van der Waals surface area (Å²) < 4.78 is 7.92. The molecule has 0 unspecified atom stereocenters. The number of fused-ring (bicyclic) bond motifs is 2. The van der Waals surface area contributed by atoms with Crippen LogP contribution in [0.4, 0.5) is 23.0 Å². The van der Waals surface area contributed by atoms with E-state index in [4.69, 9.17) is 9.72 Å². The molecule has 2 aliphatic heterocycles. The van der Waals surface area contributed by atoms with E-state index in [1.807, 2.05) is 37.4 Å². The number of methoxy groups -OCH3 is 1. The molecule has 9 nitrogen and oxygen atoms in total. The van der Waals surface area contributed by atoms with Gasteiger partial charge in [-0.2, -0.15) is 0 Å². The summed E-state index contributed by atoms with van der Waals surface area (Å²) in [6.45, 7) is 6.67. The average molecular weight is 524 g/mol. The average Bonchev–Trinajstić information content (AvgIpc) is 3.61. The maximum Gasteiger partial charge on any atom is 0.247 e. The lowest BCUT2D eigenvalue weighted by Gasteiger charge is -2.29. The molecule has 2 atom stereocenters. The number of amides is 1. The first-order valence-electron chi connectivity index (χ1n) is 13.2. The van der Waals surface area contributed by atoms with Gasteiger partial charge < -0.3 is 29.7 Å². The van der Waals surface area contributed by atoms with Crippen molar-refractivity contribution in [2.45, 2.75) is 12.5 Å². The molecule has 6 rings (SSSR count). The van der Waals surface area contributed by atoms with E-state index in [-0.39, 0.29) is 5.91 Å². The van der Waals surface area contributed by atoms with Crippen molar-refractivity contribution in [1.29, 1.82) is 0 Å². The van der Waals surface area contributed by atoms with E-state index in [0.717, 1.165) is 53.9 Å². The van der Waals surface area contributed by atoms with Crippen LogP contribution in [0.15, 0.2) is 67.5 Å². The first kappa shape index (κ1) is 24.9. The van der Waals surface area contributed by atoms with Gasteiger partial charge in [0.1, 0.15) is 5.75 Å². The molecule has 2 N–H and O–H groups in total. The molecular weight excluding hydrogens is 490 g/mol. The first-order valence-corrected chi connectivity index (χ1v) is 13.2. The minimum Gasteiger partial charge on any atom is -0.494 e. The normalized spacial score (nSPS) is 18.8. The molecular formula is C30H33N7O2. The zero-order valence-corrected chi connectivity index (χ0v) is 22.5. The number of ether oxygens (including phenoxy) is 1. The molecule has 2 aromatic carbocycles. The summed E-state index contributed by atoms with van der Waals surface area (Å²) in [7, 11) is 5.84. The minimum atomic E-state index is -0.263. The Hall–Kier alpha value is -4.37. The van der Waals surface area contributed by atoms with Crippen LogP contribution >= 0.6 is 0 Å². The zero-order chi connectivity index (χ0) is 27.1. The predicted molar refractivity (Wildman–Crippen MR) is 156 cm³/mol. The Morgan fingerprint density at radius 2 is 2.00 bits per heavy atom. The van der Waals surface area contributed by atoms with E-state index in [1.54, 1.807) is 13.3 Å². The highest BCUT2D eigenvalue weighted by atomic mass is 16.5. The van der Waals surface area contributed by atoms with Gasteiger partial charge in [-0.05, 0) is 43.7 Å². The van der Waals surface area contributed by atoms with E-state index < -0.39 is 0 Å². The molecule has 2 fully saturated rings. The van der Waals surface area contributed by atoms with Gasteiger partial charge in [0.05, 0.1) is 29.9 Å². The monoisotopic (exact) mass is 523 g/mol. The fourth-order valence-corrected chi connectivity index (χ4v) is 6.06. The van der Waals surface area contributed by atoms with E-state index in [0.29, 0.717) is 35.0 Å². The fourth-order valence-electron chi connectivity index (χ4n) is 6.06. The number of para-hydroxylation sites is 1. The van der Waals surface area contributed by atoms with Crippen LogP contribution in [0.5, 0.6) is 5.75 Å². The number of carbonyl (C=O) groups is 1. The SMILES string of the molecule is C=CC(=O)Nc1cc(Nc2nccc(-c3cn(C)c4ccccc34)n2)c(OC)cc1N1CC[C@@H]2CN(C)C[C@@H]21. The standard InChI is InChI=1S/C30H33N7O2/c1-5-29(38)32-23-14-24(28(39-4)15-26(23)37-13-11-19-16-35(2)18-27(19)37)34-30-31-12-10-22(33-30)21-17-36(3)25-9-7-6-8-20(21)25/h5-10,12,14-15,17,19,27H,1,11,13,16,18H2,2-4H3,(H,32,38)(H,31,33,34)/t19-,27+/m1/s1. The fraction of sp³-hybridized carbons (Fsp3) is 0.300. The molecule has 2 aliphatic rings. The number of rotatable bonds is 7. The van der Waals surface area contributed by atoms with Gasteiger partial charge in [0, 0.05) is 67.7 Å². The highest BCUT2D eigenvalue weighted by molar-refractivity contribution is 6.02. The quantitative estimate of drug-likeness (QED) is 0.341. The second-order valence-corrected chi connectivity index (χ2v) is 10.4. The molecule has 0 radical (unpaired) electrons. The van der Waals surface area contributed by atoms with Crippen molar-refractivity contribution in [1.82, 2.24) is 19.4 Å². The smallest absolute Gasteiger partial charge is 0.247 e. The van der Waals surface area contributed by atoms with Gasteiger partial charge in [0.2, 0.25) is 11.9 Å². The van der Waals surface area contributed by atoms with Crippen LogP contribution in [-0.2, 0) is 11.8 Å². The number of carbonyl (C=O) groups excluding carboxylic acids is 1. The van der Waals surface area contributed by atoms with Gasteiger partial charge in [-0.15, -0.1) is 0 Å². The van der Waals surface area contributed by atoms with E-state index in [9.17, 15) is 4.79 Å². The molecule has 0 saturated carbocycles. The third kappa shape index (κ3) is 4.59. The second kappa shape index (κ2) is 10.1. The first-order chi connectivity index (χ1) is 18.9. The zero-order valence-electron chi connectivity index (χ0n) is 22.5. The van der Waals surface area contributed by atoms with Crippen molar-refractivity contribution in [2.24, 2.45) is 13.0 Å². The Balaban J connectivity index is 1.37. The van der Waals surface area contributed by atoms with Crippen molar-refractivity contribution < 1.29 is 9.53 Å². The molecule has 9 heteroatoms. The molecule has 0 spiro atoms. The van der Waals surface area contributed by atoms with Crippen molar-refractivity contribution in [2.75, 3.05) is 49.3 Å². The van der Waals surface area contributed by atoms with Crippen LogP contribution < -0.4 is 20.3 Å². The number of likely N-dealkylation sites (N-methyl/N-ethyl adjacent to an activating group) is 1. The van der Waals surface area contributed by atoms with Crippen LogP contribution in [0, 0.1) is 5.92 Å². The number of nitrogens with zero attached hydrogens (tertiary/aromatic N) is 5. The Morgan fingerprint density at radius 1 is 1.15 bits per heavy atom. The molecule has 2 saturated heterocycles. The van der Waals surface area contributed by atoms with Gasteiger partial charge in [-0.1, -0.05) is 24.8 Å². The number of aromatic nitrogens is 3. The lowest BCUT2D eigenvalue weighted by molar-refractivity contribution is -0.111. The third-order valence-electron chi connectivity index (χ3n) is 7.88. The largest absolute Gasteiger partial charge is 0.494 e. The lowest BCUT2D eigenvalue weighted by Crippen LogP contribution is -2.35. The van der Waals surface area contributed by atoms with Crippen LogP contribution in [-0.4, -0.2) is 65.2 Å². The summed E-state index contributed by atoms with van der Waals surface area (Å²) >= 11 is 0.